The minimum atomic E-state index is -3.71. The van der Waals surface area contributed by atoms with Crippen LogP contribution in [0.15, 0.2) is 73.4 Å². The van der Waals surface area contributed by atoms with Crippen molar-refractivity contribution >= 4 is 43.8 Å². The number of phenolic OH excluding ortho intramolecular Hbond substituents is 1. The van der Waals surface area contributed by atoms with Gasteiger partial charge in [-0.3, -0.25) is 9.52 Å². The van der Waals surface area contributed by atoms with Gasteiger partial charge in [0.2, 0.25) is 0 Å². The quantitative estimate of drug-likeness (QED) is 0.335. The number of ketones is 1. The van der Waals surface area contributed by atoms with E-state index in [2.05, 4.69) is 4.72 Å². The van der Waals surface area contributed by atoms with Crippen molar-refractivity contribution in [1.29, 1.82) is 0 Å². The van der Waals surface area contributed by atoms with Gasteiger partial charge < -0.3 is 14.3 Å². The molecule has 0 aliphatic carbocycles. The number of sulfonamides is 1. The van der Waals surface area contributed by atoms with E-state index in [1.807, 2.05) is 0 Å². The number of anilines is 1. The summed E-state index contributed by atoms with van der Waals surface area (Å²) in [5.41, 5.74) is -0.498. The highest BCUT2D eigenvalue weighted by molar-refractivity contribution is 7.94. The van der Waals surface area contributed by atoms with E-state index in [9.17, 15) is 23.1 Å². The summed E-state index contributed by atoms with van der Waals surface area (Å²) in [5.74, 6) is -0.615. The summed E-state index contributed by atoms with van der Waals surface area (Å²) in [6, 6.07) is 12.9. The minimum absolute atomic E-state index is 0.109. The van der Waals surface area contributed by atoms with Crippen LogP contribution in [-0.2, 0) is 10.0 Å². The zero-order valence-electron chi connectivity index (χ0n) is 16.0. The van der Waals surface area contributed by atoms with Crippen LogP contribution in [0.4, 0.5) is 5.69 Å². The molecule has 0 aliphatic rings. The lowest BCUT2D eigenvalue weighted by atomic mass is 10.0. The lowest BCUT2D eigenvalue weighted by molar-refractivity contribution is 0.103. The Morgan fingerprint density at radius 2 is 1.87 bits per heavy atom. The summed E-state index contributed by atoms with van der Waals surface area (Å²) < 4.78 is 37.4. The summed E-state index contributed by atoms with van der Waals surface area (Å²) in [6.45, 7) is 0. The van der Waals surface area contributed by atoms with Gasteiger partial charge in [0.05, 0.1) is 7.11 Å². The van der Waals surface area contributed by atoms with E-state index in [1.165, 1.54) is 55.6 Å². The van der Waals surface area contributed by atoms with E-state index in [0.29, 0.717) is 5.39 Å². The number of nitrogens with one attached hydrogen (secondary N) is 1. The molecule has 0 spiro atoms. The summed E-state index contributed by atoms with van der Waals surface area (Å²) in [6.07, 6.45) is 0. The molecular weight excluding hydrogens is 442 g/mol. The molecule has 2 N–H and O–H groups in total. The Morgan fingerprint density at radius 1 is 1.13 bits per heavy atom. The Hall–Kier alpha value is -3.63. The number of thiophene rings is 1. The second-order valence-electron chi connectivity index (χ2n) is 6.45. The molecule has 158 valence electrons. The number of methoxy groups -OCH3 is 1. The van der Waals surface area contributed by atoms with Crippen molar-refractivity contribution in [3.63, 3.8) is 0 Å². The number of hydrogen-bond donors (Lipinski definition) is 2. The number of aromatic hydroxyl groups is 1. The lowest BCUT2D eigenvalue weighted by Crippen LogP contribution is -2.15. The fraction of sp³-hybridized carbons (Fsp3) is 0.0476. The molecule has 2 aromatic heterocycles. The standard InChI is InChI=1S/C21H15NO7S2/c1-28-18-10-13-9-15(21(25)29-17(13)11-16(18)23)20(24)12-4-6-14(7-5-12)22-31(26,27)19-3-2-8-30-19/h2-11,22-23H,1H3. The third-order valence-corrected chi connectivity index (χ3v) is 7.22. The molecule has 0 atom stereocenters. The first-order valence-electron chi connectivity index (χ1n) is 8.84. The number of phenols is 1. The molecule has 0 bridgehead atoms. The van der Waals surface area contributed by atoms with Crippen LogP contribution >= 0.6 is 11.3 Å². The second kappa shape index (κ2) is 7.89. The molecule has 0 radical (unpaired) electrons. The van der Waals surface area contributed by atoms with Crippen molar-refractivity contribution in [1.82, 2.24) is 0 Å². The molecule has 8 nitrogen and oxygen atoms in total. The summed E-state index contributed by atoms with van der Waals surface area (Å²) >= 11 is 1.09. The molecule has 4 aromatic rings. The maximum atomic E-state index is 12.8. The van der Waals surface area contributed by atoms with Crippen LogP contribution in [0.5, 0.6) is 11.5 Å². The smallest absolute Gasteiger partial charge is 0.347 e. The molecule has 0 amide bonds. The molecule has 2 heterocycles. The number of benzene rings is 2. The van der Waals surface area contributed by atoms with Gasteiger partial charge in [0, 0.05) is 22.7 Å². The van der Waals surface area contributed by atoms with Gasteiger partial charge in [-0.15, -0.1) is 11.3 Å². The van der Waals surface area contributed by atoms with Gasteiger partial charge in [-0.1, -0.05) is 6.07 Å². The molecule has 2 aromatic carbocycles. The van der Waals surface area contributed by atoms with Crippen LogP contribution in [0.25, 0.3) is 11.0 Å². The number of rotatable bonds is 6. The van der Waals surface area contributed by atoms with Gasteiger partial charge in [-0.25, -0.2) is 13.2 Å². The molecule has 0 unspecified atom stereocenters. The number of hydrogen-bond acceptors (Lipinski definition) is 8. The fourth-order valence-corrected chi connectivity index (χ4v) is 4.98. The van der Waals surface area contributed by atoms with E-state index in [-0.39, 0.29) is 38.1 Å². The largest absolute Gasteiger partial charge is 0.504 e. The number of ether oxygens (including phenoxy) is 1. The van der Waals surface area contributed by atoms with E-state index in [1.54, 1.807) is 11.4 Å². The monoisotopic (exact) mass is 457 g/mol. The molecule has 0 fully saturated rings. The molecule has 10 heteroatoms. The number of carbonyl (C=O) groups is 1. The van der Waals surface area contributed by atoms with Gasteiger partial charge in [0.15, 0.2) is 17.3 Å². The Labute approximate surface area is 180 Å². The maximum absolute atomic E-state index is 12.8. The van der Waals surface area contributed by atoms with Crippen molar-refractivity contribution in [2.45, 2.75) is 4.21 Å². The van der Waals surface area contributed by atoms with Crippen molar-refractivity contribution in [2.24, 2.45) is 0 Å². The normalized spacial score (nSPS) is 11.4. The van der Waals surface area contributed by atoms with Gasteiger partial charge in [0.1, 0.15) is 15.4 Å². The zero-order valence-corrected chi connectivity index (χ0v) is 17.6. The predicted octanol–water partition coefficient (Wildman–Crippen LogP) is 3.60. The predicted molar refractivity (Wildman–Crippen MR) is 116 cm³/mol. The van der Waals surface area contributed by atoms with Gasteiger partial charge >= 0.3 is 5.63 Å². The van der Waals surface area contributed by atoms with Crippen molar-refractivity contribution in [2.75, 3.05) is 11.8 Å². The SMILES string of the molecule is COc1cc2cc(C(=O)c3ccc(NS(=O)(=O)c4cccs4)cc3)c(=O)oc2cc1O. The first kappa shape index (κ1) is 20.6. The van der Waals surface area contributed by atoms with E-state index >= 15 is 0 Å². The Kier molecular flexibility index (Phi) is 5.25. The van der Waals surface area contributed by atoms with Gasteiger partial charge in [-0.05, 0) is 47.8 Å². The molecular formula is C21H15NO7S2. The number of carbonyl (C=O) groups excluding carboxylic acids is 1. The average Bonchev–Trinajstić information content (AvgIpc) is 3.29. The highest BCUT2D eigenvalue weighted by atomic mass is 32.2. The Morgan fingerprint density at radius 3 is 2.52 bits per heavy atom. The van der Waals surface area contributed by atoms with Gasteiger partial charge in [0.25, 0.3) is 10.0 Å². The van der Waals surface area contributed by atoms with Crippen LogP contribution in [0.1, 0.15) is 15.9 Å². The third-order valence-electron chi connectivity index (χ3n) is 4.44. The summed E-state index contributed by atoms with van der Waals surface area (Å²) in [5, 5.41) is 11.9. The molecule has 31 heavy (non-hydrogen) atoms. The van der Waals surface area contributed by atoms with E-state index in [4.69, 9.17) is 9.15 Å². The fourth-order valence-electron chi connectivity index (χ4n) is 2.92. The van der Waals surface area contributed by atoms with Crippen LogP contribution in [-0.4, -0.2) is 26.4 Å². The van der Waals surface area contributed by atoms with Crippen LogP contribution in [0, 0.1) is 0 Å². The number of fused-ring (bicyclic) bond motifs is 1. The van der Waals surface area contributed by atoms with Crippen LogP contribution < -0.4 is 15.1 Å². The maximum Gasteiger partial charge on any atom is 0.347 e. The van der Waals surface area contributed by atoms with Gasteiger partial charge in [-0.2, -0.15) is 0 Å². The van der Waals surface area contributed by atoms with Crippen molar-refractivity contribution < 1.29 is 27.5 Å². The molecule has 4 rings (SSSR count). The summed E-state index contributed by atoms with van der Waals surface area (Å²) in [4.78, 5) is 25.1. The molecule has 0 saturated heterocycles. The van der Waals surface area contributed by atoms with Crippen LogP contribution in [0.3, 0.4) is 0 Å². The first-order valence-corrected chi connectivity index (χ1v) is 11.2. The summed E-state index contributed by atoms with van der Waals surface area (Å²) in [7, 11) is -2.33. The van der Waals surface area contributed by atoms with Crippen molar-refractivity contribution in [3.05, 3.63) is 81.5 Å². The van der Waals surface area contributed by atoms with E-state index in [0.717, 1.165) is 11.3 Å². The third kappa shape index (κ3) is 4.03. The minimum Gasteiger partial charge on any atom is -0.504 e. The molecule has 0 saturated carbocycles. The first-order chi connectivity index (χ1) is 14.8. The topological polar surface area (TPSA) is 123 Å². The van der Waals surface area contributed by atoms with Crippen LogP contribution in [0.2, 0.25) is 0 Å². The van der Waals surface area contributed by atoms with Crippen molar-refractivity contribution in [3.8, 4) is 11.5 Å². The Bertz CT molecular complexity index is 1440. The zero-order chi connectivity index (χ0) is 22.2. The average molecular weight is 457 g/mol. The second-order valence-corrected chi connectivity index (χ2v) is 9.31. The highest BCUT2D eigenvalue weighted by Gasteiger charge is 2.19. The molecule has 0 aliphatic heterocycles. The Balaban J connectivity index is 1.64. The highest BCUT2D eigenvalue weighted by Crippen LogP contribution is 2.31. The lowest BCUT2D eigenvalue weighted by Gasteiger charge is -2.08. The van der Waals surface area contributed by atoms with E-state index < -0.39 is 21.4 Å².